The summed E-state index contributed by atoms with van der Waals surface area (Å²) in [6, 6.07) is 22.2. The molecule has 0 nitrogen and oxygen atoms in total. The minimum absolute atomic E-state index is 0. The Balaban J connectivity index is 0.00000234. The Hall–Kier alpha value is -2.05. The Morgan fingerprint density at radius 2 is 1.22 bits per heavy atom. The van der Waals surface area contributed by atoms with Crippen molar-refractivity contribution in [3.63, 3.8) is 0 Å². The predicted molar refractivity (Wildman–Crippen MR) is 202 cm³/mol. The summed E-state index contributed by atoms with van der Waals surface area (Å²) in [6.07, 6.45) is 9.91. The molecule has 256 valence electrons. The zero-order valence-electron chi connectivity index (χ0n) is 31.8. The third-order valence-corrected chi connectivity index (χ3v) is 21.2. The number of hydrogen-bond acceptors (Lipinski definition) is 0. The largest absolute Gasteiger partial charge is 1.00 e. The zero-order valence-corrected chi connectivity index (χ0v) is 35.7. The van der Waals surface area contributed by atoms with Gasteiger partial charge in [-0.15, -0.1) is 0 Å². The topological polar surface area (TPSA) is 0 Å². The maximum atomic E-state index is 2.70. The maximum Gasteiger partial charge on any atom is -1.00 e. The quantitative estimate of drug-likeness (QED) is 0.272. The molecule has 0 saturated carbocycles. The van der Waals surface area contributed by atoms with Crippen molar-refractivity contribution < 1.29 is 46.1 Å². The minimum Gasteiger partial charge on any atom is -1.00 e. The summed E-state index contributed by atoms with van der Waals surface area (Å²) in [4.78, 5) is 0. The Bertz CT molecular complexity index is 1920. The van der Waals surface area contributed by atoms with Crippen molar-refractivity contribution in [3.8, 4) is 11.1 Å². The molecule has 0 saturated heterocycles. The molecular weight excluding hydrogens is 715 g/mol. The minimum atomic E-state index is -2.75. The van der Waals surface area contributed by atoms with Crippen molar-refractivity contribution in [2.75, 3.05) is 0 Å². The monoisotopic (exact) mass is 766 g/mol. The van der Waals surface area contributed by atoms with Crippen LogP contribution >= 0.6 is 0 Å². The molecule has 3 aromatic carbocycles. The van der Waals surface area contributed by atoms with Crippen molar-refractivity contribution in [2.24, 2.45) is 11.3 Å². The molecule has 0 fully saturated rings. The van der Waals surface area contributed by atoms with Crippen molar-refractivity contribution in [1.82, 2.24) is 0 Å². The second-order valence-corrected chi connectivity index (χ2v) is 23.2. The van der Waals surface area contributed by atoms with Crippen LogP contribution in [0.5, 0.6) is 0 Å². The molecule has 4 aliphatic rings. The molecule has 0 N–H and O–H groups in total. The first-order chi connectivity index (χ1) is 22.1. The summed E-state index contributed by atoms with van der Waals surface area (Å²) in [7, 11) is 0. The third-order valence-electron chi connectivity index (χ3n) is 11.7. The van der Waals surface area contributed by atoms with Crippen LogP contribution in [-0.4, -0.2) is 3.21 Å². The normalized spacial score (nSPS) is 20.0. The van der Waals surface area contributed by atoms with Gasteiger partial charge in [0.1, 0.15) is 0 Å². The van der Waals surface area contributed by atoms with Gasteiger partial charge < -0.3 is 24.8 Å². The third kappa shape index (κ3) is 5.97. The van der Waals surface area contributed by atoms with Crippen LogP contribution < -0.4 is 24.8 Å². The van der Waals surface area contributed by atoms with Gasteiger partial charge in [0.2, 0.25) is 0 Å². The summed E-state index contributed by atoms with van der Waals surface area (Å²) >= 11 is -2.75. The van der Waals surface area contributed by atoms with E-state index in [9.17, 15) is 0 Å². The molecule has 49 heavy (non-hydrogen) atoms. The predicted octanol–water partition coefficient (Wildman–Crippen LogP) is 6.69. The zero-order chi connectivity index (χ0) is 33.8. The van der Waals surface area contributed by atoms with E-state index in [-0.39, 0.29) is 41.1 Å². The van der Waals surface area contributed by atoms with E-state index in [1.807, 2.05) is 3.28 Å². The van der Waals surface area contributed by atoms with Gasteiger partial charge >= 0.3 is 295 Å². The molecule has 0 bridgehead atoms. The Morgan fingerprint density at radius 3 is 1.65 bits per heavy atom. The summed E-state index contributed by atoms with van der Waals surface area (Å²) in [5, 5.41) is 0. The second kappa shape index (κ2) is 13.2. The van der Waals surface area contributed by atoms with Crippen LogP contribution in [0.25, 0.3) is 22.3 Å². The van der Waals surface area contributed by atoms with Crippen LogP contribution in [0.15, 0.2) is 87.3 Å². The van der Waals surface area contributed by atoms with E-state index in [2.05, 4.69) is 156 Å². The van der Waals surface area contributed by atoms with Crippen molar-refractivity contribution >= 4 is 14.4 Å². The first kappa shape index (κ1) is 38.2. The second-order valence-electron chi connectivity index (χ2n) is 17.0. The molecule has 0 heterocycles. The fourth-order valence-corrected chi connectivity index (χ4v) is 20.0. The number of benzene rings is 3. The van der Waals surface area contributed by atoms with Crippen molar-refractivity contribution in [1.29, 1.82) is 0 Å². The van der Waals surface area contributed by atoms with Crippen molar-refractivity contribution in [3.05, 3.63) is 126 Å². The maximum absolute atomic E-state index is 2.75. The Labute approximate surface area is 317 Å². The average molecular weight is 769 g/mol. The molecule has 7 rings (SSSR count). The van der Waals surface area contributed by atoms with E-state index in [0.717, 1.165) is 12.8 Å². The van der Waals surface area contributed by atoms with Crippen LogP contribution in [0.3, 0.4) is 0 Å². The van der Waals surface area contributed by atoms with Gasteiger partial charge in [0.25, 0.3) is 0 Å². The van der Waals surface area contributed by atoms with E-state index >= 15 is 0 Å². The molecule has 4 aliphatic carbocycles. The van der Waals surface area contributed by atoms with Crippen LogP contribution in [0.2, 0.25) is 0 Å². The summed E-state index contributed by atoms with van der Waals surface area (Å²) in [5.41, 5.74) is 20.1. The summed E-state index contributed by atoms with van der Waals surface area (Å²) < 4.78 is 4.08. The van der Waals surface area contributed by atoms with Crippen molar-refractivity contribution in [2.45, 2.75) is 110 Å². The van der Waals surface area contributed by atoms with Gasteiger partial charge in [-0.25, -0.2) is 0 Å². The Kier molecular flexibility index (Phi) is 10.3. The van der Waals surface area contributed by atoms with Gasteiger partial charge in [0.05, 0.1) is 0 Å². The Morgan fingerprint density at radius 1 is 0.735 bits per heavy atom. The number of allylic oxidation sites excluding steroid dienone is 8. The summed E-state index contributed by atoms with van der Waals surface area (Å²) in [5.74, 6) is 0.482. The molecule has 0 radical (unpaired) electrons. The standard InChI is InChI=1S/C25H25.C12H19.C9H10.2ClH.Zr/c1-14-12-24(3,4)22-8-16-7-17-9-23-19(15(2)13-25(23,5)6)11-21(17)20(16)10-18(14)22;1-6-10-7-9(2)8-11(10)12(3,4)5;1-2-6-9-7-4-3-5-8-9;;;/h7-13H,1-6H3;8-9H,6H2,1-5H3;3-5,7-8H,2H2,1H3;2*1H;/q;;;;;+2/p-2. The number of halogens is 2. The van der Waals surface area contributed by atoms with Gasteiger partial charge in [0.15, 0.2) is 0 Å². The molecule has 1 unspecified atom stereocenters. The molecular formula is C46H54Cl2Zr. The molecule has 0 amide bonds. The summed E-state index contributed by atoms with van der Waals surface area (Å²) in [6.45, 7) is 29.0. The average Bonchev–Trinajstić information content (AvgIpc) is 3.65. The first-order valence-corrected chi connectivity index (χ1v) is 22.0. The van der Waals surface area contributed by atoms with Gasteiger partial charge in [-0.3, -0.25) is 0 Å². The molecule has 3 heteroatoms. The van der Waals surface area contributed by atoms with Crippen LogP contribution in [-0.2, 0) is 32.1 Å². The first-order valence-electron chi connectivity index (χ1n) is 18.1. The van der Waals surface area contributed by atoms with E-state index in [1.165, 1.54) is 50.1 Å². The molecule has 3 aromatic rings. The molecule has 1 atom stereocenters. The van der Waals surface area contributed by atoms with Crippen LogP contribution in [0.4, 0.5) is 0 Å². The van der Waals surface area contributed by atoms with Crippen LogP contribution in [0.1, 0.15) is 138 Å². The van der Waals surface area contributed by atoms with E-state index < -0.39 is 21.3 Å². The molecule has 0 aliphatic heterocycles. The smallest absolute Gasteiger partial charge is 1.00 e. The fraction of sp³-hybridized carbons (Fsp3) is 0.413. The van der Waals surface area contributed by atoms with Gasteiger partial charge in [-0.2, -0.15) is 0 Å². The number of hydrogen-bond donors (Lipinski definition) is 0. The van der Waals surface area contributed by atoms with Gasteiger partial charge in [0, 0.05) is 0 Å². The fourth-order valence-electron chi connectivity index (χ4n) is 9.79. The van der Waals surface area contributed by atoms with E-state index in [1.54, 1.807) is 25.5 Å². The number of fused-ring (bicyclic) bond motifs is 5. The molecule has 0 aromatic heterocycles. The molecule has 0 spiro atoms. The van der Waals surface area contributed by atoms with Gasteiger partial charge in [-0.1, -0.05) is 0 Å². The van der Waals surface area contributed by atoms with Crippen LogP contribution in [0, 0.1) is 11.3 Å². The number of rotatable bonds is 5. The van der Waals surface area contributed by atoms with Gasteiger partial charge in [-0.05, 0) is 0 Å². The SMILES string of the molecule is CCC1=[C](/[Zr+2](=[C](/CC)c2ccccc2)[CH]2c3cc4c(cc3-c3cc5c(cc32)C(C)(C)C=C5C)C(C)=CC4(C)C)C(C)C=C1C(C)(C)C.[Cl-].[Cl-]. The van der Waals surface area contributed by atoms with E-state index in [4.69, 9.17) is 0 Å². The van der Waals surface area contributed by atoms with E-state index in [0.29, 0.717) is 9.54 Å².